The highest BCUT2D eigenvalue weighted by Crippen LogP contribution is 2.17. The Hall–Kier alpha value is -1.29. The van der Waals surface area contributed by atoms with Crippen LogP contribution < -0.4 is 15.2 Å². The van der Waals surface area contributed by atoms with E-state index in [1.54, 1.807) is 0 Å². The average Bonchev–Trinajstić information content (AvgIpc) is 2.17. The molecule has 1 aromatic carbocycles. The second-order valence-electron chi connectivity index (χ2n) is 2.66. The lowest BCUT2D eigenvalue weighted by molar-refractivity contribution is 0.338. The van der Waals surface area contributed by atoms with Gasteiger partial charge in [0.15, 0.2) is 0 Å². The molecule has 0 radical (unpaired) electrons. The summed E-state index contributed by atoms with van der Waals surface area (Å²) in [5.74, 6) is 1.57. The molecule has 0 saturated carbocycles. The Balaban J connectivity index is 2.50. The Kier molecular flexibility index (Phi) is 4.19. The van der Waals surface area contributed by atoms with Crippen LogP contribution >= 0.6 is 12.2 Å². The van der Waals surface area contributed by atoms with Gasteiger partial charge in [0, 0.05) is 0 Å². The predicted molar refractivity (Wildman–Crippen MR) is 59.9 cm³/mol. The highest BCUT2D eigenvalue weighted by atomic mass is 32.1. The highest BCUT2D eigenvalue weighted by Gasteiger charge is 1.96. The molecule has 4 heteroatoms. The molecule has 76 valence electrons. The summed E-state index contributed by atoms with van der Waals surface area (Å²) in [6, 6.07) is 7.34. The fourth-order valence-corrected chi connectivity index (χ4v) is 1.01. The molecule has 0 saturated heterocycles. The van der Waals surface area contributed by atoms with Gasteiger partial charge in [0.05, 0.1) is 6.61 Å². The molecule has 0 spiro atoms. The van der Waals surface area contributed by atoms with Crippen LogP contribution in [0.4, 0.5) is 0 Å². The third-order valence-corrected chi connectivity index (χ3v) is 1.63. The number of nitrogens with two attached hydrogens (primary N) is 1. The number of hydrogen-bond donors (Lipinski definition) is 1. The minimum atomic E-state index is 0.267. The van der Waals surface area contributed by atoms with E-state index in [-0.39, 0.29) is 6.61 Å². The zero-order chi connectivity index (χ0) is 10.4. The molecule has 0 unspecified atom stereocenters. The van der Waals surface area contributed by atoms with Crippen molar-refractivity contribution in [2.24, 2.45) is 5.73 Å². The van der Waals surface area contributed by atoms with E-state index < -0.39 is 0 Å². The maximum absolute atomic E-state index is 5.30. The molecule has 14 heavy (non-hydrogen) atoms. The first-order valence-corrected chi connectivity index (χ1v) is 4.77. The minimum absolute atomic E-state index is 0.267. The highest BCUT2D eigenvalue weighted by molar-refractivity contribution is 7.80. The summed E-state index contributed by atoms with van der Waals surface area (Å²) in [6.07, 6.45) is 0. The van der Waals surface area contributed by atoms with Crippen molar-refractivity contribution < 1.29 is 9.47 Å². The maximum atomic E-state index is 5.30. The van der Waals surface area contributed by atoms with Crippen molar-refractivity contribution in [1.29, 1.82) is 0 Å². The van der Waals surface area contributed by atoms with Gasteiger partial charge < -0.3 is 15.2 Å². The van der Waals surface area contributed by atoms with Crippen molar-refractivity contribution in [2.45, 2.75) is 6.92 Å². The SMILES string of the molecule is CCOc1ccc(OCC(N)=S)cc1. The summed E-state index contributed by atoms with van der Waals surface area (Å²) in [7, 11) is 0. The third kappa shape index (κ3) is 3.62. The molecular formula is C10H13NO2S. The monoisotopic (exact) mass is 211 g/mol. The van der Waals surface area contributed by atoms with Crippen molar-refractivity contribution in [3.05, 3.63) is 24.3 Å². The summed E-state index contributed by atoms with van der Waals surface area (Å²) < 4.78 is 10.6. The molecule has 0 aliphatic carbocycles. The summed E-state index contributed by atoms with van der Waals surface area (Å²) in [4.78, 5) is 0.346. The van der Waals surface area contributed by atoms with Crippen molar-refractivity contribution in [2.75, 3.05) is 13.2 Å². The van der Waals surface area contributed by atoms with Gasteiger partial charge in [-0.15, -0.1) is 0 Å². The molecule has 0 atom stereocenters. The van der Waals surface area contributed by atoms with Crippen LogP contribution in [0, 0.1) is 0 Å². The number of hydrogen-bond acceptors (Lipinski definition) is 3. The topological polar surface area (TPSA) is 44.5 Å². The van der Waals surface area contributed by atoms with Crippen LogP contribution in [0.15, 0.2) is 24.3 Å². The van der Waals surface area contributed by atoms with Crippen LogP contribution in [0.2, 0.25) is 0 Å². The van der Waals surface area contributed by atoms with Crippen LogP contribution in [-0.2, 0) is 0 Å². The molecule has 0 aliphatic rings. The maximum Gasteiger partial charge on any atom is 0.138 e. The van der Waals surface area contributed by atoms with Crippen LogP contribution in [0.3, 0.4) is 0 Å². The van der Waals surface area contributed by atoms with E-state index in [1.165, 1.54) is 0 Å². The lowest BCUT2D eigenvalue weighted by Crippen LogP contribution is -2.17. The van der Waals surface area contributed by atoms with Gasteiger partial charge >= 0.3 is 0 Å². The van der Waals surface area contributed by atoms with Gasteiger partial charge in [-0.1, -0.05) is 12.2 Å². The largest absolute Gasteiger partial charge is 0.494 e. The zero-order valence-electron chi connectivity index (χ0n) is 8.03. The van der Waals surface area contributed by atoms with E-state index in [9.17, 15) is 0 Å². The summed E-state index contributed by atoms with van der Waals surface area (Å²) >= 11 is 4.69. The van der Waals surface area contributed by atoms with Crippen LogP contribution in [-0.4, -0.2) is 18.2 Å². The second-order valence-corrected chi connectivity index (χ2v) is 3.18. The molecule has 0 aromatic heterocycles. The average molecular weight is 211 g/mol. The molecule has 0 fully saturated rings. The van der Waals surface area contributed by atoms with Gasteiger partial charge in [-0.25, -0.2) is 0 Å². The van der Waals surface area contributed by atoms with Gasteiger partial charge in [-0.3, -0.25) is 0 Å². The fourth-order valence-electron chi connectivity index (χ4n) is 0.953. The standard InChI is InChI=1S/C10H13NO2S/c1-2-12-8-3-5-9(6-4-8)13-7-10(11)14/h3-6H,2,7H2,1H3,(H2,11,14). The van der Waals surface area contributed by atoms with E-state index in [0.717, 1.165) is 11.5 Å². The van der Waals surface area contributed by atoms with Crippen molar-refractivity contribution in [3.63, 3.8) is 0 Å². The van der Waals surface area contributed by atoms with Gasteiger partial charge in [-0.2, -0.15) is 0 Å². The molecule has 0 heterocycles. The normalized spacial score (nSPS) is 9.50. The second kappa shape index (κ2) is 5.44. The minimum Gasteiger partial charge on any atom is -0.494 e. The number of thiocarbonyl (C=S) groups is 1. The van der Waals surface area contributed by atoms with Crippen LogP contribution in [0.1, 0.15) is 6.92 Å². The predicted octanol–water partition coefficient (Wildman–Crippen LogP) is 1.75. The van der Waals surface area contributed by atoms with E-state index in [1.807, 2.05) is 31.2 Å². The number of benzene rings is 1. The van der Waals surface area contributed by atoms with Crippen molar-refractivity contribution in [3.8, 4) is 11.5 Å². The van der Waals surface area contributed by atoms with Crippen LogP contribution in [0.25, 0.3) is 0 Å². The van der Waals surface area contributed by atoms with Crippen molar-refractivity contribution >= 4 is 17.2 Å². The molecule has 3 nitrogen and oxygen atoms in total. The quantitative estimate of drug-likeness (QED) is 0.754. The first-order chi connectivity index (χ1) is 6.72. The Morgan fingerprint density at radius 2 is 1.71 bits per heavy atom. The Labute approximate surface area is 88.8 Å². The van der Waals surface area contributed by atoms with Crippen LogP contribution in [0.5, 0.6) is 11.5 Å². The third-order valence-electron chi connectivity index (χ3n) is 1.52. The van der Waals surface area contributed by atoms with E-state index in [2.05, 4.69) is 0 Å². The van der Waals surface area contributed by atoms with E-state index in [0.29, 0.717) is 11.6 Å². The van der Waals surface area contributed by atoms with Gasteiger partial charge in [0.25, 0.3) is 0 Å². The van der Waals surface area contributed by atoms with E-state index in [4.69, 9.17) is 27.4 Å². The number of rotatable bonds is 5. The Bertz CT molecular complexity index is 297. The van der Waals surface area contributed by atoms with Gasteiger partial charge in [0.2, 0.25) is 0 Å². The van der Waals surface area contributed by atoms with Crippen molar-refractivity contribution in [1.82, 2.24) is 0 Å². The zero-order valence-corrected chi connectivity index (χ0v) is 8.84. The molecule has 2 N–H and O–H groups in total. The summed E-state index contributed by atoms with van der Waals surface area (Å²) in [5.41, 5.74) is 5.30. The molecule has 1 rings (SSSR count). The number of ether oxygens (including phenoxy) is 2. The first-order valence-electron chi connectivity index (χ1n) is 4.36. The first kappa shape index (κ1) is 10.8. The van der Waals surface area contributed by atoms with E-state index >= 15 is 0 Å². The summed E-state index contributed by atoms with van der Waals surface area (Å²) in [5, 5.41) is 0. The Morgan fingerprint density at radius 1 is 1.21 bits per heavy atom. The lowest BCUT2D eigenvalue weighted by atomic mass is 10.3. The summed E-state index contributed by atoms with van der Waals surface area (Å²) in [6.45, 7) is 2.87. The smallest absolute Gasteiger partial charge is 0.138 e. The Morgan fingerprint density at radius 3 is 2.14 bits per heavy atom. The van der Waals surface area contributed by atoms with Gasteiger partial charge in [0.1, 0.15) is 23.1 Å². The lowest BCUT2D eigenvalue weighted by Gasteiger charge is -2.06. The molecule has 0 amide bonds. The molecule has 1 aromatic rings. The molecule has 0 bridgehead atoms. The van der Waals surface area contributed by atoms with Gasteiger partial charge in [-0.05, 0) is 31.2 Å². The molecular weight excluding hydrogens is 198 g/mol. The molecule has 0 aliphatic heterocycles. The fraction of sp³-hybridized carbons (Fsp3) is 0.300.